The lowest BCUT2D eigenvalue weighted by molar-refractivity contribution is 0.201. The van der Waals surface area contributed by atoms with Gasteiger partial charge in [-0.15, -0.1) is 5.10 Å². The first-order valence-electron chi connectivity index (χ1n) is 6.18. The van der Waals surface area contributed by atoms with E-state index in [-0.39, 0.29) is 4.83 Å². The molecule has 0 aliphatic heterocycles. The molecule has 0 spiro atoms. The van der Waals surface area contributed by atoms with Crippen molar-refractivity contribution in [2.24, 2.45) is 0 Å². The van der Waals surface area contributed by atoms with Crippen LogP contribution in [-0.4, -0.2) is 47.3 Å². The fraction of sp³-hybridized carbons (Fsp3) is 0.750. The monoisotopic (exact) mass is 316 g/mol. The predicted octanol–water partition coefficient (Wildman–Crippen LogP) is 1.84. The van der Waals surface area contributed by atoms with Crippen LogP contribution in [0.1, 0.15) is 25.2 Å². The number of anilines is 1. The van der Waals surface area contributed by atoms with Gasteiger partial charge < -0.3 is 9.64 Å². The maximum atomic E-state index is 5.09. The van der Waals surface area contributed by atoms with Crippen LogP contribution in [-0.2, 0) is 17.6 Å². The number of alkyl halides is 1. The number of methoxy groups -OCH3 is 1. The normalized spacial score (nSPS) is 12.5. The maximum Gasteiger partial charge on any atom is 0.245 e. The van der Waals surface area contributed by atoms with Crippen LogP contribution in [0.5, 0.6) is 0 Å². The summed E-state index contributed by atoms with van der Waals surface area (Å²) in [4.78, 5) is 6.81. The van der Waals surface area contributed by atoms with E-state index in [1.165, 1.54) is 0 Å². The minimum Gasteiger partial charge on any atom is -0.383 e. The Labute approximate surface area is 117 Å². The Hall–Kier alpha value is -0.750. The number of aromatic nitrogens is 3. The number of nitrogens with zero attached hydrogens (tertiary/aromatic N) is 4. The van der Waals surface area contributed by atoms with Crippen LogP contribution in [0.25, 0.3) is 0 Å². The largest absolute Gasteiger partial charge is 0.383 e. The number of ether oxygens (including phenoxy) is 1. The lowest BCUT2D eigenvalue weighted by Crippen LogP contribution is -2.30. The predicted molar refractivity (Wildman–Crippen MR) is 76.4 cm³/mol. The molecule has 0 fully saturated rings. The van der Waals surface area contributed by atoms with Gasteiger partial charge in [-0.2, -0.15) is 5.10 Å². The second-order valence-electron chi connectivity index (χ2n) is 4.15. The maximum absolute atomic E-state index is 5.09. The average Bonchev–Trinajstić information content (AvgIpc) is 2.38. The lowest BCUT2D eigenvalue weighted by Gasteiger charge is -2.20. The molecule has 0 saturated heterocycles. The van der Waals surface area contributed by atoms with E-state index in [9.17, 15) is 0 Å². The Balaban J connectivity index is 2.76. The van der Waals surface area contributed by atoms with Crippen LogP contribution in [0.15, 0.2) is 0 Å². The summed E-state index contributed by atoms with van der Waals surface area (Å²) in [7, 11) is 3.66. The Morgan fingerprint density at radius 2 is 1.89 bits per heavy atom. The fourth-order valence-corrected chi connectivity index (χ4v) is 2.40. The minimum atomic E-state index is 0.257. The third-order valence-corrected chi connectivity index (χ3v) is 3.21. The molecule has 0 saturated carbocycles. The molecule has 0 N–H and O–H groups in total. The molecular formula is C12H21BrN4O. The number of halogens is 1. The summed E-state index contributed by atoms with van der Waals surface area (Å²) in [5.41, 5.74) is 2.02. The Kier molecular flexibility index (Phi) is 6.49. The van der Waals surface area contributed by atoms with Gasteiger partial charge in [0.05, 0.1) is 22.8 Å². The van der Waals surface area contributed by atoms with Crippen molar-refractivity contribution in [1.29, 1.82) is 0 Å². The van der Waals surface area contributed by atoms with Crippen molar-refractivity contribution >= 4 is 21.9 Å². The highest BCUT2D eigenvalue weighted by Gasteiger charge is 2.13. The van der Waals surface area contributed by atoms with Crippen molar-refractivity contribution in [2.45, 2.75) is 31.5 Å². The van der Waals surface area contributed by atoms with E-state index < -0.39 is 0 Å². The van der Waals surface area contributed by atoms with E-state index in [2.05, 4.69) is 45.0 Å². The summed E-state index contributed by atoms with van der Waals surface area (Å²) in [5.74, 6) is 0.671. The van der Waals surface area contributed by atoms with Crippen molar-refractivity contribution < 1.29 is 4.74 Å². The molecule has 1 aromatic rings. The zero-order valence-electron chi connectivity index (χ0n) is 11.5. The van der Waals surface area contributed by atoms with Gasteiger partial charge in [-0.05, 0) is 12.8 Å². The van der Waals surface area contributed by atoms with Crippen molar-refractivity contribution in [2.75, 3.05) is 32.2 Å². The molecule has 0 aliphatic rings. The van der Waals surface area contributed by atoms with Gasteiger partial charge in [0.1, 0.15) is 0 Å². The third kappa shape index (κ3) is 4.17. The average molecular weight is 317 g/mol. The summed E-state index contributed by atoms with van der Waals surface area (Å²) in [6, 6.07) is 0. The molecule has 0 bridgehead atoms. The van der Waals surface area contributed by atoms with E-state index in [4.69, 9.17) is 4.74 Å². The van der Waals surface area contributed by atoms with Crippen LogP contribution < -0.4 is 4.90 Å². The third-order valence-electron chi connectivity index (χ3n) is 2.66. The molecule has 0 aromatic carbocycles. The summed E-state index contributed by atoms with van der Waals surface area (Å²) in [6.07, 6.45) is 1.76. The van der Waals surface area contributed by atoms with Crippen LogP contribution >= 0.6 is 15.9 Å². The van der Waals surface area contributed by atoms with E-state index in [0.29, 0.717) is 12.6 Å². The first kappa shape index (κ1) is 15.3. The van der Waals surface area contributed by atoms with Crippen molar-refractivity contribution in [3.63, 3.8) is 0 Å². The number of aryl methyl sites for hydroxylation is 2. The highest BCUT2D eigenvalue weighted by molar-refractivity contribution is 9.09. The zero-order valence-corrected chi connectivity index (χ0v) is 13.1. The molecule has 18 heavy (non-hydrogen) atoms. The second kappa shape index (κ2) is 7.63. The van der Waals surface area contributed by atoms with Gasteiger partial charge in [-0.25, -0.2) is 4.98 Å². The molecule has 102 valence electrons. The molecule has 0 radical (unpaired) electrons. The van der Waals surface area contributed by atoms with E-state index in [1.54, 1.807) is 7.11 Å². The van der Waals surface area contributed by atoms with Gasteiger partial charge in [-0.1, -0.05) is 29.8 Å². The molecule has 1 rings (SSSR count). The van der Waals surface area contributed by atoms with Gasteiger partial charge >= 0.3 is 0 Å². The Bertz CT molecular complexity index is 375. The molecule has 1 unspecified atom stereocenters. The fourth-order valence-electron chi connectivity index (χ4n) is 1.70. The number of rotatable bonds is 7. The Morgan fingerprint density at radius 1 is 1.22 bits per heavy atom. The molecule has 0 aliphatic carbocycles. The van der Waals surface area contributed by atoms with Crippen LogP contribution in [0.4, 0.5) is 5.95 Å². The SMILES string of the molecule is CCc1nnc(N(C)CC(Br)COC)nc1CC. The van der Waals surface area contributed by atoms with E-state index >= 15 is 0 Å². The molecule has 6 heteroatoms. The molecule has 1 heterocycles. The topological polar surface area (TPSA) is 51.1 Å². The van der Waals surface area contributed by atoms with E-state index in [1.807, 2.05) is 11.9 Å². The molecule has 0 amide bonds. The first-order valence-corrected chi connectivity index (χ1v) is 7.10. The lowest BCUT2D eigenvalue weighted by atomic mass is 10.2. The standard InChI is InChI=1S/C12H21BrN4O/c1-5-10-11(6-2)15-16-12(14-10)17(3)7-9(13)8-18-4/h9H,5-8H2,1-4H3. The van der Waals surface area contributed by atoms with Gasteiger partial charge in [0.25, 0.3) is 0 Å². The van der Waals surface area contributed by atoms with E-state index in [0.717, 1.165) is 30.8 Å². The molecule has 5 nitrogen and oxygen atoms in total. The number of hydrogen-bond acceptors (Lipinski definition) is 5. The summed E-state index contributed by atoms with van der Waals surface area (Å²) < 4.78 is 5.09. The van der Waals surface area contributed by atoms with Crippen LogP contribution in [0.3, 0.4) is 0 Å². The summed E-state index contributed by atoms with van der Waals surface area (Å²) in [5, 5.41) is 8.42. The Morgan fingerprint density at radius 3 is 2.44 bits per heavy atom. The smallest absolute Gasteiger partial charge is 0.245 e. The van der Waals surface area contributed by atoms with Gasteiger partial charge in [0.2, 0.25) is 5.95 Å². The van der Waals surface area contributed by atoms with Crippen molar-refractivity contribution in [1.82, 2.24) is 15.2 Å². The quantitative estimate of drug-likeness (QED) is 0.718. The van der Waals surface area contributed by atoms with Gasteiger partial charge in [0.15, 0.2) is 0 Å². The van der Waals surface area contributed by atoms with Crippen LogP contribution in [0.2, 0.25) is 0 Å². The first-order chi connectivity index (χ1) is 8.62. The van der Waals surface area contributed by atoms with Crippen molar-refractivity contribution in [3.05, 3.63) is 11.4 Å². The summed E-state index contributed by atoms with van der Waals surface area (Å²) in [6.45, 7) is 5.60. The van der Waals surface area contributed by atoms with Gasteiger partial charge in [-0.3, -0.25) is 0 Å². The highest BCUT2D eigenvalue weighted by Crippen LogP contribution is 2.11. The number of hydrogen-bond donors (Lipinski definition) is 0. The summed E-state index contributed by atoms with van der Waals surface area (Å²) >= 11 is 3.56. The molecular weight excluding hydrogens is 296 g/mol. The molecule has 1 atom stereocenters. The zero-order chi connectivity index (χ0) is 13.5. The van der Waals surface area contributed by atoms with Crippen LogP contribution in [0, 0.1) is 0 Å². The van der Waals surface area contributed by atoms with Crippen molar-refractivity contribution in [3.8, 4) is 0 Å². The highest BCUT2D eigenvalue weighted by atomic mass is 79.9. The molecule has 1 aromatic heterocycles. The second-order valence-corrected chi connectivity index (χ2v) is 5.44. The van der Waals surface area contributed by atoms with Gasteiger partial charge in [0, 0.05) is 20.7 Å². The minimum absolute atomic E-state index is 0.257.